The predicted octanol–water partition coefficient (Wildman–Crippen LogP) is 5.21. The van der Waals surface area contributed by atoms with E-state index < -0.39 is 5.97 Å². The Labute approximate surface area is 219 Å². The van der Waals surface area contributed by atoms with Crippen LogP contribution in [0.25, 0.3) is 33.3 Å². The number of likely N-dealkylation sites (tertiary alicyclic amines) is 1. The summed E-state index contributed by atoms with van der Waals surface area (Å²) in [6, 6.07) is 23.3. The number of carbonyl (C=O) groups excluding carboxylic acids is 1. The molecule has 1 fully saturated rings. The van der Waals surface area contributed by atoms with Crippen LogP contribution in [0.1, 0.15) is 47.1 Å². The summed E-state index contributed by atoms with van der Waals surface area (Å²) in [5.74, 6) is 0.281. The van der Waals surface area contributed by atoms with Gasteiger partial charge in [0.1, 0.15) is 5.82 Å². The fourth-order valence-corrected chi connectivity index (χ4v) is 4.96. The van der Waals surface area contributed by atoms with Crippen molar-refractivity contribution in [3.63, 3.8) is 0 Å². The largest absolute Gasteiger partial charge is 0.481 e. The molecule has 190 valence electrons. The van der Waals surface area contributed by atoms with Crippen molar-refractivity contribution in [3.05, 3.63) is 89.9 Å². The normalized spacial score (nSPS) is 13.6. The van der Waals surface area contributed by atoms with Crippen molar-refractivity contribution in [2.45, 2.75) is 31.6 Å². The van der Waals surface area contributed by atoms with Gasteiger partial charge in [-0.05, 0) is 49.6 Å². The number of hydrogen-bond acceptors (Lipinski definition) is 5. The first kappa shape index (κ1) is 23.8. The van der Waals surface area contributed by atoms with E-state index in [2.05, 4.69) is 9.97 Å². The zero-order valence-electron chi connectivity index (χ0n) is 20.8. The topological polar surface area (TPSA) is 112 Å². The maximum atomic E-state index is 13.3. The fraction of sp³-hybridized carbons (Fsp3) is 0.233. The molecule has 1 saturated heterocycles. The van der Waals surface area contributed by atoms with Crippen molar-refractivity contribution in [3.8, 4) is 11.3 Å². The average molecular weight is 506 g/mol. The number of H-pyrrole nitrogens is 1. The quantitative estimate of drug-likeness (QED) is 0.280. The highest BCUT2D eigenvalue weighted by Gasteiger charge is 2.34. The van der Waals surface area contributed by atoms with Crippen LogP contribution in [0.15, 0.2) is 72.8 Å². The average Bonchev–Trinajstić information content (AvgIpc) is 3.33. The third kappa shape index (κ3) is 4.72. The summed E-state index contributed by atoms with van der Waals surface area (Å²) >= 11 is 0. The highest BCUT2D eigenvalue weighted by atomic mass is 16.4. The molecule has 3 aromatic carbocycles. The molecular formula is C30H27N5O3. The van der Waals surface area contributed by atoms with Crippen LogP contribution in [0.3, 0.4) is 0 Å². The molecule has 38 heavy (non-hydrogen) atoms. The van der Waals surface area contributed by atoms with E-state index in [0.29, 0.717) is 43.4 Å². The lowest BCUT2D eigenvalue weighted by Gasteiger charge is -2.38. The molecule has 1 aliphatic heterocycles. The van der Waals surface area contributed by atoms with Gasteiger partial charge in [0.15, 0.2) is 0 Å². The third-order valence-corrected chi connectivity index (χ3v) is 7.05. The lowest BCUT2D eigenvalue weighted by Crippen LogP contribution is -2.48. The van der Waals surface area contributed by atoms with Gasteiger partial charge in [0, 0.05) is 30.6 Å². The molecule has 0 unspecified atom stereocenters. The second-order valence-corrected chi connectivity index (χ2v) is 9.74. The van der Waals surface area contributed by atoms with Gasteiger partial charge in [-0.1, -0.05) is 42.5 Å². The number of nitrogens with zero attached hydrogens (tertiary/aromatic N) is 4. The molecule has 0 atom stereocenters. The van der Waals surface area contributed by atoms with Crippen LogP contribution in [0.4, 0.5) is 0 Å². The summed E-state index contributed by atoms with van der Waals surface area (Å²) in [5.41, 5.74) is 6.49. The number of carboxylic acid groups (broad SMARTS) is 1. The Balaban J connectivity index is 1.22. The van der Waals surface area contributed by atoms with E-state index in [-0.39, 0.29) is 18.2 Å². The number of fused-ring (bicyclic) bond motifs is 2. The zero-order chi connectivity index (χ0) is 26.1. The van der Waals surface area contributed by atoms with Crippen molar-refractivity contribution in [2.24, 2.45) is 0 Å². The highest BCUT2D eigenvalue weighted by Crippen LogP contribution is 2.29. The van der Waals surface area contributed by atoms with Gasteiger partial charge >= 0.3 is 5.97 Å². The maximum absolute atomic E-state index is 13.3. The summed E-state index contributed by atoms with van der Waals surface area (Å²) < 4.78 is 0. The molecule has 2 aromatic heterocycles. The number of benzene rings is 3. The van der Waals surface area contributed by atoms with Crippen LogP contribution in [-0.2, 0) is 11.2 Å². The molecule has 3 heterocycles. The molecular weight excluding hydrogens is 478 g/mol. The minimum absolute atomic E-state index is 0.0313. The number of amides is 1. The van der Waals surface area contributed by atoms with E-state index in [0.717, 1.165) is 39.3 Å². The third-order valence-electron chi connectivity index (χ3n) is 7.05. The molecule has 2 N–H and O–H groups in total. The summed E-state index contributed by atoms with van der Waals surface area (Å²) in [6.45, 7) is 1.23. The molecule has 0 radical (unpaired) electrons. The predicted molar refractivity (Wildman–Crippen MR) is 145 cm³/mol. The Morgan fingerprint density at radius 2 is 1.66 bits per heavy atom. The Kier molecular flexibility index (Phi) is 6.29. The number of imidazole rings is 1. The van der Waals surface area contributed by atoms with Crippen molar-refractivity contribution >= 4 is 33.9 Å². The van der Waals surface area contributed by atoms with E-state index in [1.807, 2.05) is 77.7 Å². The van der Waals surface area contributed by atoms with E-state index in [1.165, 1.54) is 0 Å². The minimum Gasteiger partial charge on any atom is -0.481 e. The van der Waals surface area contributed by atoms with Gasteiger partial charge in [-0.3, -0.25) is 9.59 Å². The molecule has 0 aliphatic carbocycles. The second-order valence-electron chi connectivity index (χ2n) is 9.74. The van der Waals surface area contributed by atoms with E-state index in [1.54, 1.807) is 0 Å². The Hall–Kier alpha value is -4.59. The number of aromatic nitrogens is 4. The van der Waals surface area contributed by atoms with Crippen LogP contribution in [0.2, 0.25) is 0 Å². The molecule has 8 nitrogen and oxygen atoms in total. The van der Waals surface area contributed by atoms with Crippen LogP contribution >= 0.6 is 0 Å². The van der Waals surface area contributed by atoms with E-state index >= 15 is 0 Å². The van der Waals surface area contributed by atoms with Gasteiger partial charge in [0.25, 0.3) is 5.91 Å². The highest BCUT2D eigenvalue weighted by molar-refractivity contribution is 5.98. The number of hydrogen-bond donors (Lipinski definition) is 2. The minimum atomic E-state index is -0.797. The van der Waals surface area contributed by atoms with Gasteiger partial charge in [-0.15, -0.1) is 0 Å². The first-order valence-corrected chi connectivity index (χ1v) is 12.9. The summed E-state index contributed by atoms with van der Waals surface area (Å²) in [7, 11) is 0. The Morgan fingerprint density at radius 3 is 2.45 bits per heavy atom. The molecule has 1 aliphatic rings. The van der Waals surface area contributed by atoms with Gasteiger partial charge in [0.05, 0.1) is 39.4 Å². The molecule has 5 aromatic rings. The number of aromatic amines is 1. The number of para-hydroxylation sites is 2. The molecule has 1 amide bonds. The number of aryl methyl sites for hydroxylation is 1. The standard InChI is InChI=1S/C30H27N5O3/c36-27(37)13-7-6-12-25-28(19-8-2-1-3-9-19)32-24-15-14-20(16-26(24)31-25)30(38)35-17-21(18-35)29-33-22-10-4-5-11-23(22)34-29/h1-5,8-11,14-16,21H,6-7,12-13,17-18H2,(H,33,34)(H,36,37). The monoisotopic (exact) mass is 505 g/mol. The molecule has 0 spiro atoms. The Bertz CT molecular complexity index is 1610. The molecule has 6 rings (SSSR count). The van der Waals surface area contributed by atoms with Crippen LogP contribution in [0.5, 0.6) is 0 Å². The number of nitrogens with one attached hydrogen (secondary N) is 1. The van der Waals surface area contributed by atoms with Crippen LogP contribution < -0.4 is 0 Å². The zero-order valence-corrected chi connectivity index (χ0v) is 20.8. The van der Waals surface area contributed by atoms with Crippen molar-refractivity contribution in [2.75, 3.05) is 13.1 Å². The molecule has 0 bridgehead atoms. The van der Waals surface area contributed by atoms with Gasteiger partial charge in [-0.25, -0.2) is 15.0 Å². The van der Waals surface area contributed by atoms with Crippen molar-refractivity contribution in [1.29, 1.82) is 0 Å². The van der Waals surface area contributed by atoms with E-state index in [9.17, 15) is 9.59 Å². The first-order valence-electron chi connectivity index (χ1n) is 12.9. The van der Waals surface area contributed by atoms with Gasteiger partial charge in [0.2, 0.25) is 0 Å². The molecule has 0 saturated carbocycles. The van der Waals surface area contributed by atoms with Crippen molar-refractivity contribution < 1.29 is 14.7 Å². The van der Waals surface area contributed by atoms with Crippen LogP contribution in [-0.4, -0.2) is 54.9 Å². The number of unbranched alkanes of at least 4 members (excludes halogenated alkanes) is 1. The van der Waals surface area contributed by atoms with E-state index in [4.69, 9.17) is 15.1 Å². The first-order chi connectivity index (χ1) is 18.5. The number of carbonyl (C=O) groups is 2. The number of aliphatic carboxylic acids is 1. The smallest absolute Gasteiger partial charge is 0.303 e. The Morgan fingerprint density at radius 1 is 0.868 bits per heavy atom. The summed E-state index contributed by atoms with van der Waals surface area (Å²) in [4.78, 5) is 43.9. The second kappa shape index (κ2) is 10.0. The van der Waals surface area contributed by atoms with Crippen LogP contribution in [0, 0.1) is 0 Å². The van der Waals surface area contributed by atoms with Gasteiger partial charge < -0.3 is 15.0 Å². The number of carboxylic acids is 1. The lowest BCUT2D eigenvalue weighted by molar-refractivity contribution is -0.137. The van der Waals surface area contributed by atoms with Crippen molar-refractivity contribution in [1.82, 2.24) is 24.8 Å². The van der Waals surface area contributed by atoms with Gasteiger partial charge in [-0.2, -0.15) is 0 Å². The fourth-order valence-electron chi connectivity index (χ4n) is 4.96. The lowest BCUT2D eigenvalue weighted by atomic mass is 9.98. The summed E-state index contributed by atoms with van der Waals surface area (Å²) in [5, 5.41) is 8.98. The molecule has 8 heteroatoms. The summed E-state index contributed by atoms with van der Waals surface area (Å²) in [6.07, 6.45) is 2.01. The SMILES string of the molecule is O=C(O)CCCCc1nc2cc(C(=O)N3CC(c4nc5ccccc5[nH]4)C3)ccc2nc1-c1ccccc1. The number of rotatable bonds is 8. The maximum Gasteiger partial charge on any atom is 0.303 e.